The number of hydrogen-bond acceptors (Lipinski definition) is 4. The summed E-state index contributed by atoms with van der Waals surface area (Å²) in [6, 6.07) is 9.23. The van der Waals surface area contributed by atoms with Crippen LogP contribution in [-0.2, 0) is 14.3 Å². The maximum atomic E-state index is 12.8. The molecule has 2 saturated heterocycles. The highest BCUT2D eigenvalue weighted by Crippen LogP contribution is 2.26. The van der Waals surface area contributed by atoms with Crippen LogP contribution in [0.15, 0.2) is 30.3 Å². The van der Waals surface area contributed by atoms with Crippen LogP contribution in [0.5, 0.6) is 0 Å². The summed E-state index contributed by atoms with van der Waals surface area (Å²) in [5.74, 6) is -0.572. The number of imide groups is 1. The molecule has 1 aromatic carbocycles. The van der Waals surface area contributed by atoms with E-state index in [1.165, 1.54) is 4.90 Å². The number of nitrogens with one attached hydrogen (secondary N) is 1. The zero-order valence-corrected chi connectivity index (χ0v) is 14.7. The van der Waals surface area contributed by atoms with Crippen molar-refractivity contribution in [3.8, 4) is 0 Å². The first-order valence-corrected chi connectivity index (χ1v) is 8.40. The molecule has 2 aliphatic rings. The molecule has 2 fully saturated rings. The van der Waals surface area contributed by atoms with E-state index in [9.17, 15) is 14.4 Å². The zero-order chi connectivity index (χ0) is 18.2. The van der Waals surface area contributed by atoms with Gasteiger partial charge in [-0.25, -0.2) is 4.79 Å². The second-order valence-corrected chi connectivity index (χ2v) is 7.05. The summed E-state index contributed by atoms with van der Waals surface area (Å²) < 4.78 is 5.96. The Hall–Kier alpha value is -2.41. The van der Waals surface area contributed by atoms with Crippen LogP contribution in [0.25, 0.3) is 0 Å². The topological polar surface area (TPSA) is 79.0 Å². The number of benzene rings is 1. The molecule has 3 rings (SSSR count). The molecule has 0 unspecified atom stereocenters. The molecule has 0 bridgehead atoms. The van der Waals surface area contributed by atoms with Crippen LogP contribution in [0.4, 0.5) is 4.79 Å². The highest BCUT2D eigenvalue weighted by molar-refractivity contribution is 6.07. The SMILES string of the molecule is C[C@H]1CN(C(=O)CN2C(=O)NC(=O)C2(C)C)C[C@H](c2ccccc2)O1. The van der Waals surface area contributed by atoms with Gasteiger partial charge < -0.3 is 14.5 Å². The van der Waals surface area contributed by atoms with Gasteiger partial charge in [0.15, 0.2) is 0 Å². The molecule has 1 aromatic rings. The first-order valence-electron chi connectivity index (χ1n) is 8.40. The monoisotopic (exact) mass is 345 g/mol. The Morgan fingerprint density at radius 1 is 1.24 bits per heavy atom. The lowest BCUT2D eigenvalue weighted by atomic mass is 10.0. The van der Waals surface area contributed by atoms with E-state index in [4.69, 9.17) is 4.74 Å². The second-order valence-electron chi connectivity index (χ2n) is 7.05. The van der Waals surface area contributed by atoms with Gasteiger partial charge in [-0.1, -0.05) is 30.3 Å². The van der Waals surface area contributed by atoms with Crippen molar-refractivity contribution in [1.82, 2.24) is 15.1 Å². The van der Waals surface area contributed by atoms with Gasteiger partial charge in [-0.3, -0.25) is 14.9 Å². The summed E-state index contributed by atoms with van der Waals surface area (Å²) in [7, 11) is 0. The summed E-state index contributed by atoms with van der Waals surface area (Å²) in [6.45, 7) is 5.96. The van der Waals surface area contributed by atoms with Crippen LogP contribution in [0.1, 0.15) is 32.4 Å². The number of ether oxygens (including phenoxy) is 1. The van der Waals surface area contributed by atoms with Crippen molar-refractivity contribution >= 4 is 17.8 Å². The van der Waals surface area contributed by atoms with Crippen LogP contribution in [0.3, 0.4) is 0 Å². The Morgan fingerprint density at radius 2 is 1.92 bits per heavy atom. The van der Waals surface area contributed by atoms with Crippen molar-refractivity contribution in [3.63, 3.8) is 0 Å². The Kier molecular flexibility index (Phi) is 4.51. The number of morpholine rings is 1. The fourth-order valence-corrected chi connectivity index (χ4v) is 3.21. The minimum atomic E-state index is -1.02. The summed E-state index contributed by atoms with van der Waals surface area (Å²) in [5, 5.41) is 2.26. The molecular weight excluding hydrogens is 322 g/mol. The molecule has 2 aliphatic heterocycles. The zero-order valence-electron chi connectivity index (χ0n) is 14.7. The van der Waals surface area contributed by atoms with Crippen molar-refractivity contribution in [3.05, 3.63) is 35.9 Å². The molecular formula is C18H23N3O4. The Labute approximate surface area is 146 Å². The molecule has 2 heterocycles. The number of rotatable bonds is 3. The lowest BCUT2D eigenvalue weighted by Gasteiger charge is -2.38. The van der Waals surface area contributed by atoms with E-state index >= 15 is 0 Å². The molecule has 1 N–H and O–H groups in total. The van der Waals surface area contributed by atoms with Gasteiger partial charge in [0, 0.05) is 6.54 Å². The third-order valence-electron chi connectivity index (χ3n) is 4.77. The standard InChI is InChI=1S/C18H23N3O4/c1-12-9-20(10-14(25-12)13-7-5-4-6-8-13)15(22)11-21-17(24)19-16(23)18(21,2)3/h4-8,12,14H,9-11H2,1-3H3,(H,19,23,24)/t12-,14+/m0/s1. The number of carbonyl (C=O) groups excluding carboxylic acids is 3. The lowest BCUT2D eigenvalue weighted by molar-refractivity contribution is -0.146. The molecule has 7 heteroatoms. The molecule has 0 radical (unpaired) electrons. The maximum absolute atomic E-state index is 12.8. The molecule has 0 aliphatic carbocycles. The van der Waals surface area contributed by atoms with Crippen molar-refractivity contribution in [1.29, 1.82) is 0 Å². The van der Waals surface area contributed by atoms with E-state index < -0.39 is 11.6 Å². The van der Waals surface area contributed by atoms with Gasteiger partial charge in [0.2, 0.25) is 5.91 Å². The highest BCUT2D eigenvalue weighted by atomic mass is 16.5. The fourth-order valence-electron chi connectivity index (χ4n) is 3.21. The van der Waals surface area contributed by atoms with E-state index in [0.29, 0.717) is 13.1 Å². The second kappa shape index (κ2) is 6.48. The van der Waals surface area contributed by atoms with Gasteiger partial charge in [0.05, 0.1) is 12.6 Å². The Bertz CT molecular complexity index is 689. The van der Waals surface area contributed by atoms with Crippen molar-refractivity contribution in [2.24, 2.45) is 0 Å². The van der Waals surface area contributed by atoms with Crippen LogP contribution in [0, 0.1) is 0 Å². The fraction of sp³-hybridized carbons (Fsp3) is 0.500. The smallest absolute Gasteiger partial charge is 0.325 e. The van der Waals surface area contributed by atoms with E-state index in [1.807, 2.05) is 37.3 Å². The van der Waals surface area contributed by atoms with Crippen molar-refractivity contribution < 1.29 is 19.1 Å². The molecule has 7 nitrogen and oxygen atoms in total. The summed E-state index contributed by atoms with van der Waals surface area (Å²) >= 11 is 0. The minimum absolute atomic E-state index is 0.107. The van der Waals surface area contributed by atoms with Gasteiger partial charge >= 0.3 is 6.03 Å². The molecule has 0 spiro atoms. The molecule has 2 atom stereocenters. The van der Waals surface area contributed by atoms with Gasteiger partial charge in [-0.05, 0) is 26.3 Å². The van der Waals surface area contributed by atoms with Crippen LogP contribution < -0.4 is 5.32 Å². The van der Waals surface area contributed by atoms with E-state index in [1.54, 1.807) is 18.7 Å². The third-order valence-corrected chi connectivity index (χ3v) is 4.77. The van der Waals surface area contributed by atoms with Crippen LogP contribution >= 0.6 is 0 Å². The van der Waals surface area contributed by atoms with E-state index in [0.717, 1.165) is 5.56 Å². The summed E-state index contributed by atoms with van der Waals surface area (Å²) in [5.41, 5.74) is -0.00926. The largest absolute Gasteiger partial charge is 0.367 e. The van der Waals surface area contributed by atoms with E-state index in [2.05, 4.69) is 5.32 Å². The predicted octanol–water partition coefficient (Wildman–Crippen LogP) is 1.31. The van der Waals surface area contributed by atoms with Gasteiger partial charge in [0.25, 0.3) is 5.91 Å². The molecule has 0 saturated carbocycles. The van der Waals surface area contributed by atoms with Gasteiger partial charge in [-0.2, -0.15) is 0 Å². The quantitative estimate of drug-likeness (QED) is 0.838. The number of hydrogen-bond donors (Lipinski definition) is 1. The first-order chi connectivity index (χ1) is 11.8. The molecule has 25 heavy (non-hydrogen) atoms. The summed E-state index contributed by atoms with van der Waals surface area (Å²) in [6.07, 6.45) is -0.305. The van der Waals surface area contributed by atoms with Gasteiger partial charge in [0.1, 0.15) is 18.2 Å². The highest BCUT2D eigenvalue weighted by Gasteiger charge is 2.46. The molecule has 134 valence electrons. The molecule has 4 amide bonds. The number of nitrogens with zero attached hydrogens (tertiary/aromatic N) is 2. The Morgan fingerprint density at radius 3 is 2.52 bits per heavy atom. The molecule has 0 aromatic heterocycles. The Balaban J connectivity index is 1.71. The number of amides is 4. The van der Waals surface area contributed by atoms with Gasteiger partial charge in [-0.15, -0.1) is 0 Å². The average Bonchev–Trinajstić information content (AvgIpc) is 2.77. The van der Waals surface area contributed by atoms with Crippen molar-refractivity contribution in [2.75, 3.05) is 19.6 Å². The lowest BCUT2D eigenvalue weighted by Crippen LogP contribution is -2.53. The maximum Gasteiger partial charge on any atom is 0.325 e. The third kappa shape index (κ3) is 3.37. The first kappa shape index (κ1) is 17.4. The van der Waals surface area contributed by atoms with Crippen LogP contribution in [-0.4, -0.2) is 58.9 Å². The predicted molar refractivity (Wildman–Crippen MR) is 90.6 cm³/mol. The summed E-state index contributed by atoms with van der Waals surface area (Å²) in [4.78, 5) is 39.6. The number of urea groups is 1. The minimum Gasteiger partial charge on any atom is -0.367 e. The van der Waals surface area contributed by atoms with Crippen molar-refractivity contribution in [2.45, 2.75) is 38.5 Å². The van der Waals surface area contributed by atoms with E-state index in [-0.39, 0.29) is 30.6 Å². The normalized spacial score (nSPS) is 25.9. The van der Waals surface area contributed by atoms with Crippen LogP contribution in [0.2, 0.25) is 0 Å². The average molecular weight is 345 g/mol. The number of carbonyl (C=O) groups is 3.